The van der Waals surface area contributed by atoms with Gasteiger partial charge in [-0.25, -0.2) is 0 Å². The minimum absolute atomic E-state index is 0.0118. The van der Waals surface area contributed by atoms with Gasteiger partial charge in [0.15, 0.2) is 0 Å². The molecule has 1 unspecified atom stereocenters. The van der Waals surface area contributed by atoms with Gasteiger partial charge in [0.2, 0.25) is 0 Å². The Kier molecular flexibility index (Phi) is 3.33. The second kappa shape index (κ2) is 4.30. The van der Waals surface area contributed by atoms with Gasteiger partial charge in [0.1, 0.15) is 0 Å². The monoisotopic (exact) mass is 225 g/mol. The van der Waals surface area contributed by atoms with E-state index in [-0.39, 0.29) is 11.2 Å². The van der Waals surface area contributed by atoms with E-state index in [2.05, 4.69) is 33.0 Å². The molecule has 1 saturated carbocycles. The predicted molar refractivity (Wildman–Crippen MR) is 67.6 cm³/mol. The van der Waals surface area contributed by atoms with Crippen LogP contribution >= 0.6 is 0 Å². The molecule has 0 bridgehead atoms. The van der Waals surface area contributed by atoms with Crippen LogP contribution in [0.3, 0.4) is 0 Å². The number of rotatable bonds is 3. The van der Waals surface area contributed by atoms with Gasteiger partial charge < -0.3 is 10.1 Å². The van der Waals surface area contributed by atoms with Gasteiger partial charge in [-0.2, -0.15) is 0 Å². The SMILES string of the molecule is CC1(C)CC(NCC2CCCC2)C(C)(C)O1. The molecule has 0 spiro atoms. The Hall–Kier alpha value is -0.0800. The zero-order valence-corrected chi connectivity index (χ0v) is 11.3. The van der Waals surface area contributed by atoms with Gasteiger partial charge in [0.25, 0.3) is 0 Å². The van der Waals surface area contributed by atoms with Crippen LogP contribution in [-0.4, -0.2) is 23.8 Å². The summed E-state index contributed by atoms with van der Waals surface area (Å²) in [5, 5.41) is 3.74. The van der Waals surface area contributed by atoms with Crippen LogP contribution in [0.15, 0.2) is 0 Å². The number of hydrogen-bond acceptors (Lipinski definition) is 2. The van der Waals surface area contributed by atoms with Gasteiger partial charge >= 0.3 is 0 Å². The second-order valence-corrected chi connectivity index (χ2v) is 6.78. The summed E-state index contributed by atoms with van der Waals surface area (Å²) in [4.78, 5) is 0. The van der Waals surface area contributed by atoms with Gasteiger partial charge in [-0.1, -0.05) is 12.8 Å². The summed E-state index contributed by atoms with van der Waals surface area (Å²) < 4.78 is 6.10. The van der Waals surface area contributed by atoms with E-state index in [9.17, 15) is 0 Å². The average molecular weight is 225 g/mol. The molecule has 0 aromatic rings. The van der Waals surface area contributed by atoms with E-state index >= 15 is 0 Å². The summed E-state index contributed by atoms with van der Waals surface area (Å²) in [6.07, 6.45) is 6.84. The van der Waals surface area contributed by atoms with Crippen molar-refractivity contribution in [3.63, 3.8) is 0 Å². The highest BCUT2D eigenvalue weighted by molar-refractivity contribution is 4.99. The number of ether oxygens (including phenoxy) is 1. The molecule has 1 heterocycles. The Labute approximate surface area is 100 Å². The molecule has 1 aliphatic heterocycles. The van der Waals surface area contributed by atoms with Crippen LogP contribution in [-0.2, 0) is 4.74 Å². The summed E-state index contributed by atoms with van der Waals surface area (Å²) in [5.74, 6) is 0.916. The molecule has 1 aliphatic carbocycles. The highest BCUT2D eigenvalue weighted by Gasteiger charge is 2.45. The molecule has 1 N–H and O–H groups in total. The fraction of sp³-hybridized carbons (Fsp3) is 1.00. The first kappa shape index (κ1) is 12.4. The van der Waals surface area contributed by atoms with Gasteiger partial charge in [0.05, 0.1) is 11.2 Å². The second-order valence-electron chi connectivity index (χ2n) is 6.78. The summed E-state index contributed by atoms with van der Waals surface area (Å²) in [5.41, 5.74) is 0.0267. The van der Waals surface area contributed by atoms with Crippen molar-refractivity contribution in [2.24, 2.45) is 5.92 Å². The van der Waals surface area contributed by atoms with Crippen molar-refractivity contribution in [1.82, 2.24) is 5.32 Å². The van der Waals surface area contributed by atoms with Crippen LogP contribution in [0, 0.1) is 5.92 Å². The molecular formula is C14H27NO. The lowest BCUT2D eigenvalue weighted by molar-refractivity contribution is -0.0699. The first-order valence-electron chi connectivity index (χ1n) is 6.83. The van der Waals surface area contributed by atoms with Crippen LogP contribution in [0.4, 0.5) is 0 Å². The average Bonchev–Trinajstić information content (AvgIpc) is 2.67. The van der Waals surface area contributed by atoms with Crippen molar-refractivity contribution in [2.75, 3.05) is 6.54 Å². The standard InChI is InChI=1S/C14H27NO/c1-13(2)9-12(14(3,4)16-13)15-10-11-7-5-6-8-11/h11-12,15H,5-10H2,1-4H3. The molecule has 2 rings (SSSR count). The Bertz CT molecular complexity index is 241. The maximum absolute atomic E-state index is 6.10. The molecule has 2 aliphatic rings. The van der Waals surface area contributed by atoms with Gasteiger partial charge in [-0.05, 0) is 59.4 Å². The molecule has 2 heteroatoms. The summed E-state index contributed by atoms with van der Waals surface area (Å²) in [6, 6.07) is 0.517. The summed E-state index contributed by atoms with van der Waals surface area (Å²) >= 11 is 0. The molecule has 0 aromatic heterocycles. The van der Waals surface area contributed by atoms with Gasteiger partial charge in [-0.15, -0.1) is 0 Å². The molecular weight excluding hydrogens is 198 g/mol. The highest BCUT2D eigenvalue weighted by atomic mass is 16.5. The van der Waals surface area contributed by atoms with Crippen molar-refractivity contribution in [2.45, 2.75) is 77.0 Å². The van der Waals surface area contributed by atoms with Crippen molar-refractivity contribution < 1.29 is 4.74 Å². The van der Waals surface area contributed by atoms with Crippen molar-refractivity contribution in [3.05, 3.63) is 0 Å². The molecule has 0 aromatic carbocycles. The van der Waals surface area contributed by atoms with E-state index < -0.39 is 0 Å². The third-order valence-corrected chi connectivity index (χ3v) is 4.20. The topological polar surface area (TPSA) is 21.3 Å². The van der Waals surface area contributed by atoms with Gasteiger partial charge in [0, 0.05) is 6.04 Å². The quantitative estimate of drug-likeness (QED) is 0.797. The molecule has 0 amide bonds. The Morgan fingerprint density at radius 1 is 1.12 bits per heavy atom. The number of nitrogens with one attached hydrogen (secondary N) is 1. The highest BCUT2D eigenvalue weighted by Crippen LogP contribution is 2.37. The minimum Gasteiger partial charge on any atom is -0.368 e. The Balaban J connectivity index is 1.84. The lowest BCUT2D eigenvalue weighted by Gasteiger charge is -2.28. The summed E-state index contributed by atoms with van der Waals surface area (Å²) in [7, 11) is 0. The fourth-order valence-electron chi connectivity index (χ4n) is 3.40. The Morgan fingerprint density at radius 3 is 2.25 bits per heavy atom. The molecule has 1 saturated heterocycles. The fourth-order valence-corrected chi connectivity index (χ4v) is 3.40. The normalized spacial score (nSPS) is 33.4. The van der Waals surface area contributed by atoms with Crippen LogP contribution in [0.2, 0.25) is 0 Å². The molecule has 0 radical (unpaired) electrons. The van der Waals surface area contributed by atoms with Crippen LogP contribution in [0.5, 0.6) is 0 Å². The van der Waals surface area contributed by atoms with Crippen LogP contribution in [0.25, 0.3) is 0 Å². The maximum atomic E-state index is 6.10. The first-order valence-corrected chi connectivity index (χ1v) is 6.83. The molecule has 94 valence electrons. The Morgan fingerprint density at radius 2 is 1.75 bits per heavy atom. The van der Waals surface area contributed by atoms with E-state index in [1.54, 1.807) is 0 Å². The van der Waals surface area contributed by atoms with Crippen molar-refractivity contribution in [3.8, 4) is 0 Å². The van der Waals surface area contributed by atoms with Crippen LogP contribution < -0.4 is 5.32 Å². The van der Waals surface area contributed by atoms with Gasteiger partial charge in [-0.3, -0.25) is 0 Å². The van der Waals surface area contributed by atoms with Crippen LogP contribution in [0.1, 0.15) is 59.8 Å². The van der Waals surface area contributed by atoms with Crippen molar-refractivity contribution in [1.29, 1.82) is 0 Å². The van der Waals surface area contributed by atoms with E-state index in [0.29, 0.717) is 6.04 Å². The lowest BCUT2D eigenvalue weighted by Crippen LogP contribution is -2.44. The molecule has 2 nitrogen and oxygen atoms in total. The molecule has 1 atom stereocenters. The van der Waals surface area contributed by atoms with E-state index in [1.807, 2.05) is 0 Å². The maximum Gasteiger partial charge on any atom is 0.0787 e. The van der Waals surface area contributed by atoms with E-state index in [4.69, 9.17) is 4.74 Å². The predicted octanol–water partition coefficient (Wildman–Crippen LogP) is 3.11. The largest absolute Gasteiger partial charge is 0.368 e. The summed E-state index contributed by atoms with van der Waals surface area (Å²) in [6.45, 7) is 10.0. The molecule has 2 fully saturated rings. The first-order chi connectivity index (χ1) is 7.39. The minimum atomic E-state index is -0.0118. The molecule has 16 heavy (non-hydrogen) atoms. The third kappa shape index (κ3) is 2.78. The zero-order chi connectivity index (χ0) is 11.8. The smallest absolute Gasteiger partial charge is 0.0787 e. The van der Waals surface area contributed by atoms with E-state index in [1.165, 1.54) is 32.2 Å². The van der Waals surface area contributed by atoms with Crippen molar-refractivity contribution >= 4 is 0 Å². The number of hydrogen-bond donors (Lipinski definition) is 1. The van der Waals surface area contributed by atoms with E-state index in [0.717, 1.165) is 12.3 Å². The zero-order valence-electron chi connectivity index (χ0n) is 11.3. The lowest BCUT2D eigenvalue weighted by atomic mass is 9.94. The third-order valence-electron chi connectivity index (χ3n) is 4.20.